The molecule has 0 fully saturated rings. The quantitative estimate of drug-likeness (QED) is 0.160. The van der Waals surface area contributed by atoms with Crippen LogP contribution in [0.4, 0.5) is 17.1 Å². The van der Waals surface area contributed by atoms with E-state index < -0.39 is 0 Å². The molecule has 0 atom stereocenters. The van der Waals surface area contributed by atoms with Gasteiger partial charge in [0.05, 0.1) is 5.69 Å². The molecule has 12 rings (SSSR count). The molecular weight excluding hydrogens is 759 g/mol. The maximum absolute atomic E-state index is 6.30. The average Bonchev–Trinajstić information content (AvgIpc) is 3.90. The molecule has 2 aromatic heterocycles. The topological polar surface area (TPSA) is 16.4 Å². The lowest BCUT2D eigenvalue weighted by atomic mass is 9.90. The van der Waals surface area contributed by atoms with Crippen molar-refractivity contribution in [1.82, 2.24) is 0 Å². The number of benzene rings is 10. The minimum Gasteiger partial charge on any atom is -0.456 e. The second-order valence-corrected chi connectivity index (χ2v) is 16.7. The maximum Gasteiger partial charge on any atom is 0.136 e. The van der Waals surface area contributed by atoms with Crippen LogP contribution in [0.3, 0.4) is 0 Å². The Morgan fingerprint density at radius 2 is 0.984 bits per heavy atom. The van der Waals surface area contributed by atoms with Crippen molar-refractivity contribution >= 4 is 81.3 Å². The Labute approximate surface area is 357 Å². The van der Waals surface area contributed by atoms with Gasteiger partial charge < -0.3 is 9.32 Å². The van der Waals surface area contributed by atoms with E-state index in [-0.39, 0.29) is 0 Å². The summed E-state index contributed by atoms with van der Waals surface area (Å²) in [5.41, 5.74) is 14.5. The standard InChI is InChI=1S/C58H37NOS/c1-2-14-39(15-3-1)45-23-11-16-40-17-12-25-51(57(40)45)47-20-4-7-27-53(47)59(43-33-30-38(31-34-43)41-32-35-49-48-21-5-8-28-54(48)60-55(49)37-41)44-19-10-18-42(36-44)46-24-13-26-52-50-22-6-9-29-56(50)61-58(46)52/h1-37H. The molecule has 0 amide bonds. The Morgan fingerprint density at radius 1 is 0.344 bits per heavy atom. The van der Waals surface area contributed by atoms with Gasteiger partial charge in [-0.3, -0.25) is 0 Å². The predicted octanol–water partition coefficient (Wildman–Crippen LogP) is 17.2. The fourth-order valence-electron chi connectivity index (χ4n) is 9.24. The Morgan fingerprint density at radius 3 is 1.87 bits per heavy atom. The van der Waals surface area contributed by atoms with E-state index in [1.807, 2.05) is 23.5 Å². The summed E-state index contributed by atoms with van der Waals surface area (Å²) in [7, 11) is 0. The summed E-state index contributed by atoms with van der Waals surface area (Å²) >= 11 is 1.87. The second-order valence-electron chi connectivity index (χ2n) is 15.6. The van der Waals surface area contributed by atoms with Crippen molar-refractivity contribution in [2.45, 2.75) is 0 Å². The fourth-order valence-corrected chi connectivity index (χ4v) is 10.5. The van der Waals surface area contributed by atoms with Crippen molar-refractivity contribution < 1.29 is 4.42 Å². The van der Waals surface area contributed by atoms with Crippen LogP contribution in [0.2, 0.25) is 0 Å². The van der Waals surface area contributed by atoms with Crippen LogP contribution in [0.5, 0.6) is 0 Å². The molecule has 0 aliphatic carbocycles. The van der Waals surface area contributed by atoms with E-state index in [9.17, 15) is 0 Å². The summed E-state index contributed by atoms with van der Waals surface area (Å²) < 4.78 is 8.91. The SMILES string of the molecule is c1ccc(-c2cccc3cccc(-c4ccccc4N(c4ccc(-c5ccc6c(c5)oc5ccccc56)cc4)c4cccc(-c5cccc6c5sc5ccccc56)c4)c23)cc1. The monoisotopic (exact) mass is 795 g/mol. The van der Waals surface area contributed by atoms with Crippen molar-refractivity contribution in [1.29, 1.82) is 0 Å². The van der Waals surface area contributed by atoms with E-state index in [1.165, 1.54) is 58.8 Å². The number of furan rings is 1. The van der Waals surface area contributed by atoms with Gasteiger partial charge in [-0.25, -0.2) is 0 Å². The van der Waals surface area contributed by atoms with Crippen LogP contribution in [0.1, 0.15) is 0 Å². The third-order valence-corrected chi connectivity index (χ3v) is 13.3. The summed E-state index contributed by atoms with van der Waals surface area (Å²) in [5, 5.41) is 7.33. The molecule has 0 spiro atoms. The van der Waals surface area contributed by atoms with Gasteiger partial charge in [-0.2, -0.15) is 0 Å². The predicted molar refractivity (Wildman–Crippen MR) is 261 cm³/mol. The van der Waals surface area contributed by atoms with Crippen LogP contribution < -0.4 is 4.90 Å². The minimum atomic E-state index is 0.897. The molecule has 0 bridgehead atoms. The second kappa shape index (κ2) is 14.5. The number of rotatable bonds is 7. The van der Waals surface area contributed by atoms with Gasteiger partial charge in [-0.05, 0) is 104 Å². The highest BCUT2D eigenvalue weighted by atomic mass is 32.1. The lowest BCUT2D eigenvalue weighted by Gasteiger charge is -2.29. The van der Waals surface area contributed by atoms with Gasteiger partial charge in [0.2, 0.25) is 0 Å². The van der Waals surface area contributed by atoms with Gasteiger partial charge in [0.25, 0.3) is 0 Å². The number of fused-ring (bicyclic) bond motifs is 7. The molecule has 0 saturated carbocycles. The summed E-state index contributed by atoms with van der Waals surface area (Å²) in [6, 6.07) is 81.3. The van der Waals surface area contributed by atoms with Crippen molar-refractivity contribution in [2.24, 2.45) is 0 Å². The third-order valence-electron chi connectivity index (χ3n) is 12.1. The number of hydrogen-bond acceptors (Lipinski definition) is 3. The van der Waals surface area contributed by atoms with Crippen LogP contribution in [0.25, 0.3) is 97.4 Å². The van der Waals surface area contributed by atoms with E-state index in [0.717, 1.165) is 55.7 Å². The number of para-hydroxylation sites is 2. The molecule has 0 aliphatic rings. The van der Waals surface area contributed by atoms with E-state index >= 15 is 0 Å². The van der Waals surface area contributed by atoms with Crippen LogP contribution in [0.15, 0.2) is 229 Å². The molecule has 2 nitrogen and oxygen atoms in total. The first-order chi connectivity index (χ1) is 30.2. The minimum absolute atomic E-state index is 0.897. The van der Waals surface area contributed by atoms with Gasteiger partial charge >= 0.3 is 0 Å². The third kappa shape index (κ3) is 6.01. The van der Waals surface area contributed by atoms with Crippen molar-refractivity contribution in [2.75, 3.05) is 4.90 Å². The van der Waals surface area contributed by atoms with Crippen LogP contribution in [0, 0.1) is 0 Å². The summed E-state index contributed by atoms with van der Waals surface area (Å²) in [5.74, 6) is 0. The van der Waals surface area contributed by atoms with Crippen molar-refractivity contribution in [3.8, 4) is 44.5 Å². The zero-order chi connectivity index (χ0) is 40.3. The first kappa shape index (κ1) is 35.2. The first-order valence-electron chi connectivity index (χ1n) is 20.7. The van der Waals surface area contributed by atoms with Gasteiger partial charge in [0.15, 0.2) is 0 Å². The highest BCUT2D eigenvalue weighted by Gasteiger charge is 2.21. The first-order valence-corrected chi connectivity index (χ1v) is 21.6. The lowest BCUT2D eigenvalue weighted by molar-refractivity contribution is 0.669. The molecule has 0 unspecified atom stereocenters. The molecule has 10 aromatic carbocycles. The van der Waals surface area contributed by atoms with Crippen LogP contribution in [-0.2, 0) is 0 Å². The number of thiophene rings is 1. The largest absolute Gasteiger partial charge is 0.456 e. The van der Waals surface area contributed by atoms with Gasteiger partial charge in [0.1, 0.15) is 11.2 Å². The summed E-state index contributed by atoms with van der Waals surface area (Å²) in [4.78, 5) is 2.43. The fraction of sp³-hybridized carbons (Fsp3) is 0. The molecule has 0 aliphatic heterocycles. The average molecular weight is 796 g/mol. The van der Waals surface area contributed by atoms with E-state index in [4.69, 9.17) is 4.42 Å². The highest BCUT2D eigenvalue weighted by molar-refractivity contribution is 7.26. The molecule has 61 heavy (non-hydrogen) atoms. The van der Waals surface area contributed by atoms with E-state index in [0.29, 0.717) is 0 Å². The van der Waals surface area contributed by atoms with Gasteiger partial charge in [-0.1, -0.05) is 170 Å². The smallest absolute Gasteiger partial charge is 0.136 e. The van der Waals surface area contributed by atoms with Gasteiger partial charge in [0, 0.05) is 47.9 Å². The molecule has 286 valence electrons. The molecule has 2 heterocycles. The normalized spacial score (nSPS) is 11.6. The Kier molecular flexibility index (Phi) is 8.39. The maximum atomic E-state index is 6.30. The van der Waals surface area contributed by atoms with E-state index in [1.54, 1.807) is 0 Å². The molecule has 0 N–H and O–H groups in total. The zero-order valence-corrected chi connectivity index (χ0v) is 33.9. The van der Waals surface area contributed by atoms with Crippen molar-refractivity contribution in [3.63, 3.8) is 0 Å². The van der Waals surface area contributed by atoms with Gasteiger partial charge in [-0.15, -0.1) is 11.3 Å². The number of anilines is 3. The molecule has 0 radical (unpaired) electrons. The number of nitrogens with zero attached hydrogens (tertiary/aromatic N) is 1. The van der Waals surface area contributed by atoms with Crippen LogP contribution in [-0.4, -0.2) is 0 Å². The Hall–Kier alpha value is -7.72. The summed E-state index contributed by atoms with van der Waals surface area (Å²) in [6.07, 6.45) is 0. The van der Waals surface area contributed by atoms with Crippen LogP contribution >= 0.6 is 11.3 Å². The highest BCUT2D eigenvalue weighted by Crippen LogP contribution is 2.47. The molecular formula is C58H37NOS. The number of hydrogen-bond donors (Lipinski definition) is 0. The lowest BCUT2D eigenvalue weighted by Crippen LogP contribution is -2.11. The Balaban J connectivity index is 1.04. The van der Waals surface area contributed by atoms with Crippen molar-refractivity contribution in [3.05, 3.63) is 224 Å². The zero-order valence-electron chi connectivity index (χ0n) is 33.1. The Bertz CT molecular complexity index is 3590. The molecule has 0 saturated heterocycles. The van der Waals surface area contributed by atoms with E-state index in [2.05, 4.69) is 217 Å². The molecule has 3 heteroatoms. The molecule has 12 aromatic rings. The summed E-state index contributed by atoms with van der Waals surface area (Å²) in [6.45, 7) is 0.